The second kappa shape index (κ2) is 5.15. The lowest BCUT2D eigenvalue weighted by Crippen LogP contribution is -2.54. The minimum atomic E-state index is -0.144. The Morgan fingerprint density at radius 2 is 1.88 bits per heavy atom. The van der Waals surface area contributed by atoms with Crippen LogP contribution in [0.2, 0.25) is 0 Å². The molecule has 4 N–H and O–H groups in total. The minimum Gasteiger partial charge on any atom is -0.369 e. The molecule has 1 heterocycles. The van der Waals surface area contributed by atoms with Gasteiger partial charge in [0.2, 0.25) is 5.91 Å². The van der Waals surface area contributed by atoms with E-state index in [0.29, 0.717) is 12.1 Å². The Hall–Kier alpha value is -0.610. The van der Waals surface area contributed by atoms with Gasteiger partial charge in [0.1, 0.15) is 0 Å². The highest BCUT2D eigenvalue weighted by molar-refractivity contribution is 5.76. The Balaban J connectivity index is 1.95. The lowest BCUT2D eigenvalue weighted by atomic mass is 9.87. The van der Waals surface area contributed by atoms with E-state index in [1.165, 1.54) is 19.3 Å². The minimum absolute atomic E-state index is 0.0443. The number of hydrogen-bond donors (Lipinski definition) is 2. The summed E-state index contributed by atoms with van der Waals surface area (Å²) in [6.45, 7) is 1.91. The standard InChI is InChI=1S/C12H23N3O/c13-10-5-1-2-6-11(10)15-7-3-4-9(8-15)12(14)16/h9-11H,1-8,13H2,(H2,14,16). The molecular formula is C12H23N3O. The van der Waals surface area contributed by atoms with Crippen LogP contribution in [0.25, 0.3) is 0 Å². The number of nitrogens with zero attached hydrogens (tertiary/aromatic N) is 1. The fraction of sp³-hybridized carbons (Fsp3) is 0.917. The summed E-state index contributed by atoms with van der Waals surface area (Å²) in [5, 5.41) is 0. The van der Waals surface area contributed by atoms with Crippen LogP contribution in [0.4, 0.5) is 0 Å². The van der Waals surface area contributed by atoms with Crippen molar-refractivity contribution >= 4 is 5.91 Å². The summed E-state index contributed by atoms with van der Waals surface area (Å²) < 4.78 is 0. The van der Waals surface area contributed by atoms with Crippen LogP contribution < -0.4 is 11.5 Å². The number of primary amides is 1. The predicted octanol–water partition coefficient (Wildman–Crippen LogP) is 0.454. The highest BCUT2D eigenvalue weighted by atomic mass is 16.1. The first kappa shape index (κ1) is 11.9. The number of piperidine rings is 1. The molecule has 0 spiro atoms. The van der Waals surface area contributed by atoms with Crippen molar-refractivity contribution in [3.8, 4) is 0 Å². The van der Waals surface area contributed by atoms with Gasteiger partial charge in [-0.2, -0.15) is 0 Å². The lowest BCUT2D eigenvalue weighted by molar-refractivity contribution is -0.123. The van der Waals surface area contributed by atoms with Gasteiger partial charge in [-0.05, 0) is 32.2 Å². The van der Waals surface area contributed by atoms with Gasteiger partial charge in [-0.1, -0.05) is 12.8 Å². The Morgan fingerprint density at radius 3 is 2.56 bits per heavy atom. The molecule has 0 aromatic heterocycles. The molecule has 92 valence electrons. The normalized spacial score (nSPS) is 37.2. The Bertz CT molecular complexity index is 257. The molecule has 3 atom stereocenters. The topological polar surface area (TPSA) is 72.4 Å². The van der Waals surface area contributed by atoms with Crippen molar-refractivity contribution in [2.24, 2.45) is 17.4 Å². The fourth-order valence-electron chi connectivity index (χ4n) is 3.13. The van der Waals surface area contributed by atoms with E-state index in [2.05, 4.69) is 4.90 Å². The fourth-order valence-corrected chi connectivity index (χ4v) is 3.13. The van der Waals surface area contributed by atoms with Crippen LogP contribution in [0, 0.1) is 5.92 Å². The third kappa shape index (κ3) is 2.55. The quantitative estimate of drug-likeness (QED) is 0.717. The number of likely N-dealkylation sites (tertiary alicyclic amines) is 1. The zero-order chi connectivity index (χ0) is 11.5. The average molecular weight is 225 g/mol. The van der Waals surface area contributed by atoms with E-state index in [0.717, 1.165) is 32.4 Å². The van der Waals surface area contributed by atoms with Gasteiger partial charge >= 0.3 is 0 Å². The zero-order valence-electron chi connectivity index (χ0n) is 9.90. The molecule has 4 nitrogen and oxygen atoms in total. The zero-order valence-corrected chi connectivity index (χ0v) is 9.90. The third-order valence-corrected chi connectivity index (χ3v) is 4.11. The van der Waals surface area contributed by atoms with Crippen LogP contribution in [0.3, 0.4) is 0 Å². The maximum atomic E-state index is 11.2. The number of amides is 1. The first-order chi connectivity index (χ1) is 7.68. The highest BCUT2D eigenvalue weighted by Gasteiger charge is 2.32. The van der Waals surface area contributed by atoms with Crippen LogP contribution in [0.1, 0.15) is 38.5 Å². The Morgan fingerprint density at radius 1 is 1.12 bits per heavy atom. The number of hydrogen-bond acceptors (Lipinski definition) is 3. The van der Waals surface area contributed by atoms with Crippen LogP contribution in [-0.4, -0.2) is 36.0 Å². The summed E-state index contributed by atoms with van der Waals surface area (Å²) in [7, 11) is 0. The van der Waals surface area contributed by atoms with Gasteiger partial charge in [-0.25, -0.2) is 0 Å². The molecule has 2 aliphatic rings. The van der Waals surface area contributed by atoms with Gasteiger partial charge in [0.25, 0.3) is 0 Å². The molecule has 1 aliphatic carbocycles. The summed E-state index contributed by atoms with van der Waals surface area (Å²) in [6.07, 6.45) is 6.88. The van der Waals surface area contributed by atoms with Crippen molar-refractivity contribution in [2.45, 2.75) is 50.6 Å². The number of carbonyl (C=O) groups excluding carboxylic acids is 1. The van der Waals surface area contributed by atoms with E-state index < -0.39 is 0 Å². The van der Waals surface area contributed by atoms with Gasteiger partial charge in [0, 0.05) is 18.6 Å². The molecule has 3 unspecified atom stereocenters. The summed E-state index contributed by atoms with van der Waals surface area (Å²) >= 11 is 0. The molecule has 0 aromatic rings. The molecule has 4 heteroatoms. The van der Waals surface area contributed by atoms with Crippen molar-refractivity contribution in [1.29, 1.82) is 0 Å². The maximum absolute atomic E-state index is 11.2. The Labute approximate surface area is 97.3 Å². The van der Waals surface area contributed by atoms with Crippen LogP contribution >= 0.6 is 0 Å². The monoisotopic (exact) mass is 225 g/mol. The van der Waals surface area contributed by atoms with E-state index >= 15 is 0 Å². The van der Waals surface area contributed by atoms with Gasteiger partial charge in [-0.15, -0.1) is 0 Å². The van der Waals surface area contributed by atoms with E-state index in [1.54, 1.807) is 0 Å². The van der Waals surface area contributed by atoms with Crippen molar-refractivity contribution in [3.63, 3.8) is 0 Å². The average Bonchev–Trinajstić information content (AvgIpc) is 2.30. The molecule has 16 heavy (non-hydrogen) atoms. The summed E-state index contributed by atoms with van der Waals surface area (Å²) in [5.74, 6) is -0.100. The number of rotatable bonds is 2. The number of carbonyl (C=O) groups is 1. The van der Waals surface area contributed by atoms with Gasteiger partial charge in [0.05, 0.1) is 5.92 Å². The van der Waals surface area contributed by atoms with Crippen LogP contribution in [-0.2, 0) is 4.79 Å². The largest absolute Gasteiger partial charge is 0.369 e. The maximum Gasteiger partial charge on any atom is 0.221 e. The van der Waals surface area contributed by atoms with E-state index in [9.17, 15) is 4.79 Å². The molecule has 2 fully saturated rings. The van der Waals surface area contributed by atoms with Crippen LogP contribution in [0.5, 0.6) is 0 Å². The smallest absolute Gasteiger partial charge is 0.221 e. The van der Waals surface area contributed by atoms with Gasteiger partial charge in [-0.3, -0.25) is 9.69 Å². The molecule has 0 aromatic carbocycles. The summed E-state index contributed by atoms with van der Waals surface area (Å²) in [5.41, 5.74) is 11.6. The van der Waals surface area contributed by atoms with Crippen molar-refractivity contribution in [3.05, 3.63) is 0 Å². The van der Waals surface area contributed by atoms with Crippen molar-refractivity contribution < 1.29 is 4.79 Å². The van der Waals surface area contributed by atoms with E-state index in [-0.39, 0.29) is 11.8 Å². The molecular weight excluding hydrogens is 202 g/mol. The van der Waals surface area contributed by atoms with Gasteiger partial charge in [0.15, 0.2) is 0 Å². The van der Waals surface area contributed by atoms with Crippen molar-refractivity contribution in [1.82, 2.24) is 4.90 Å². The second-order valence-corrected chi connectivity index (χ2v) is 5.25. The van der Waals surface area contributed by atoms with Crippen LogP contribution in [0.15, 0.2) is 0 Å². The van der Waals surface area contributed by atoms with E-state index in [4.69, 9.17) is 11.5 Å². The van der Waals surface area contributed by atoms with Crippen molar-refractivity contribution in [2.75, 3.05) is 13.1 Å². The highest BCUT2D eigenvalue weighted by Crippen LogP contribution is 2.26. The molecule has 0 radical (unpaired) electrons. The molecule has 1 saturated heterocycles. The third-order valence-electron chi connectivity index (χ3n) is 4.11. The molecule has 0 bridgehead atoms. The molecule has 1 saturated carbocycles. The molecule has 2 rings (SSSR count). The first-order valence-corrected chi connectivity index (χ1v) is 6.47. The van der Waals surface area contributed by atoms with E-state index in [1.807, 2.05) is 0 Å². The summed E-state index contributed by atoms with van der Waals surface area (Å²) in [4.78, 5) is 13.6. The SMILES string of the molecule is NC(=O)C1CCCN(C2CCCCC2N)C1. The van der Waals surface area contributed by atoms with Gasteiger partial charge < -0.3 is 11.5 Å². The number of nitrogens with two attached hydrogens (primary N) is 2. The predicted molar refractivity (Wildman–Crippen MR) is 63.7 cm³/mol. The Kier molecular flexibility index (Phi) is 3.82. The first-order valence-electron chi connectivity index (χ1n) is 6.47. The summed E-state index contributed by atoms with van der Waals surface area (Å²) in [6, 6.07) is 0.774. The molecule has 1 aliphatic heterocycles. The lowest BCUT2D eigenvalue weighted by Gasteiger charge is -2.42. The second-order valence-electron chi connectivity index (χ2n) is 5.25. The molecule has 1 amide bonds.